The maximum absolute atomic E-state index is 15.2. The van der Waals surface area contributed by atoms with Crippen LogP contribution >= 0.6 is 18.9 Å². The lowest BCUT2D eigenvalue weighted by atomic mass is 10.1. The molecule has 1 aromatic heterocycles. The van der Waals surface area contributed by atoms with E-state index in [-0.39, 0.29) is 0 Å². The molecule has 0 amide bonds. The summed E-state index contributed by atoms with van der Waals surface area (Å²) < 4.78 is 17.5. The summed E-state index contributed by atoms with van der Waals surface area (Å²) in [7, 11) is -3.11. The SMILES string of the molecule is Cc1ccccc1Sc1ccc2c(c1)c1cc(P(=O)(c3ccccc3)c3ccccc3)ccc1n2-c1ccccc1. The second-order valence-corrected chi connectivity index (χ2v) is 14.1. The van der Waals surface area contributed by atoms with Crippen molar-refractivity contribution in [1.82, 2.24) is 4.57 Å². The first-order valence-electron chi connectivity index (χ1n) is 13.7. The van der Waals surface area contributed by atoms with Crippen LogP contribution in [-0.2, 0) is 4.57 Å². The van der Waals surface area contributed by atoms with Gasteiger partial charge in [0.25, 0.3) is 0 Å². The van der Waals surface area contributed by atoms with Crippen molar-refractivity contribution in [2.45, 2.75) is 16.7 Å². The molecular formula is C37H28NOPS. The molecule has 0 aliphatic heterocycles. The van der Waals surface area contributed by atoms with Crippen LogP contribution in [0.2, 0.25) is 0 Å². The van der Waals surface area contributed by atoms with Crippen molar-refractivity contribution in [2.24, 2.45) is 0 Å². The molecule has 7 rings (SSSR count). The van der Waals surface area contributed by atoms with Gasteiger partial charge in [0.05, 0.1) is 11.0 Å². The molecule has 198 valence electrons. The normalized spacial score (nSPS) is 11.7. The van der Waals surface area contributed by atoms with Gasteiger partial charge in [0.2, 0.25) is 0 Å². The van der Waals surface area contributed by atoms with Crippen LogP contribution in [0.15, 0.2) is 161 Å². The monoisotopic (exact) mass is 565 g/mol. The van der Waals surface area contributed by atoms with Crippen molar-refractivity contribution < 1.29 is 4.57 Å². The van der Waals surface area contributed by atoms with Crippen LogP contribution in [0.1, 0.15) is 5.56 Å². The molecule has 0 spiro atoms. The molecule has 2 nitrogen and oxygen atoms in total. The van der Waals surface area contributed by atoms with Gasteiger partial charge in [-0.3, -0.25) is 0 Å². The zero-order valence-electron chi connectivity index (χ0n) is 22.6. The minimum Gasteiger partial charge on any atom is -0.309 e. The molecule has 0 atom stereocenters. The van der Waals surface area contributed by atoms with Crippen molar-refractivity contribution >= 4 is 56.6 Å². The molecule has 0 fully saturated rings. The molecule has 0 N–H and O–H groups in total. The van der Waals surface area contributed by atoms with Crippen LogP contribution in [0.3, 0.4) is 0 Å². The van der Waals surface area contributed by atoms with Gasteiger partial charge in [0.15, 0.2) is 7.14 Å². The molecule has 0 saturated carbocycles. The molecule has 0 bridgehead atoms. The van der Waals surface area contributed by atoms with Gasteiger partial charge in [-0.25, -0.2) is 0 Å². The molecule has 0 aliphatic rings. The van der Waals surface area contributed by atoms with Crippen molar-refractivity contribution in [3.63, 3.8) is 0 Å². The first-order chi connectivity index (χ1) is 20.1. The molecule has 7 aromatic rings. The summed E-state index contributed by atoms with van der Waals surface area (Å²) in [5.41, 5.74) is 4.60. The second-order valence-electron chi connectivity index (χ2n) is 10.2. The smallest absolute Gasteiger partial charge is 0.171 e. The molecule has 0 radical (unpaired) electrons. The summed E-state index contributed by atoms with van der Waals surface area (Å²) in [5.74, 6) is 0. The lowest BCUT2D eigenvalue weighted by Gasteiger charge is -2.20. The minimum absolute atomic E-state index is 0.839. The Balaban J connectivity index is 1.49. The van der Waals surface area contributed by atoms with Crippen molar-refractivity contribution in [3.05, 3.63) is 157 Å². The van der Waals surface area contributed by atoms with E-state index < -0.39 is 7.14 Å². The lowest BCUT2D eigenvalue weighted by molar-refractivity contribution is 0.592. The highest BCUT2D eigenvalue weighted by Crippen LogP contribution is 2.44. The fraction of sp³-hybridized carbons (Fsp3) is 0.0270. The fourth-order valence-electron chi connectivity index (χ4n) is 5.63. The number of aromatic nitrogens is 1. The number of aryl methyl sites for hydroxylation is 1. The Kier molecular flexibility index (Phi) is 6.63. The van der Waals surface area contributed by atoms with E-state index in [1.807, 2.05) is 66.7 Å². The van der Waals surface area contributed by atoms with E-state index in [9.17, 15) is 0 Å². The highest BCUT2D eigenvalue weighted by molar-refractivity contribution is 7.99. The Morgan fingerprint density at radius 2 is 1.07 bits per heavy atom. The number of hydrogen-bond acceptors (Lipinski definition) is 2. The van der Waals surface area contributed by atoms with E-state index in [0.717, 1.165) is 43.4 Å². The Morgan fingerprint density at radius 1 is 0.537 bits per heavy atom. The highest BCUT2D eigenvalue weighted by Gasteiger charge is 2.30. The number of fused-ring (bicyclic) bond motifs is 3. The number of benzene rings is 6. The standard InChI is InChI=1S/C37H28NOPS/c1-27-13-11-12-20-37(27)41-32-22-24-36-34(26-32)33-25-31(21-23-35(33)38(36)28-14-5-2-6-15-28)40(39,29-16-7-3-8-17-29)30-18-9-4-10-19-30/h2-26H,1H3. The van der Waals surface area contributed by atoms with Gasteiger partial charge in [-0.15, -0.1) is 0 Å². The largest absolute Gasteiger partial charge is 0.309 e. The van der Waals surface area contributed by atoms with Crippen LogP contribution in [-0.4, -0.2) is 4.57 Å². The molecule has 1 heterocycles. The molecule has 41 heavy (non-hydrogen) atoms. The fourth-order valence-corrected chi connectivity index (χ4v) is 9.24. The number of para-hydroxylation sites is 1. The Hall–Kier alpha value is -4.30. The van der Waals surface area contributed by atoms with Crippen molar-refractivity contribution in [2.75, 3.05) is 0 Å². The molecule has 4 heteroatoms. The topological polar surface area (TPSA) is 22.0 Å². The van der Waals surface area contributed by atoms with E-state index in [1.165, 1.54) is 15.4 Å². The van der Waals surface area contributed by atoms with Gasteiger partial charge >= 0.3 is 0 Å². The van der Waals surface area contributed by atoms with E-state index in [2.05, 4.69) is 96.4 Å². The van der Waals surface area contributed by atoms with Crippen LogP contribution in [0, 0.1) is 6.92 Å². The van der Waals surface area contributed by atoms with E-state index in [0.29, 0.717) is 0 Å². The van der Waals surface area contributed by atoms with E-state index >= 15 is 4.57 Å². The quantitative estimate of drug-likeness (QED) is 0.188. The lowest BCUT2D eigenvalue weighted by Crippen LogP contribution is -2.24. The van der Waals surface area contributed by atoms with Crippen molar-refractivity contribution in [3.8, 4) is 5.69 Å². The Bertz CT molecular complexity index is 2010. The van der Waals surface area contributed by atoms with Crippen molar-refractivity contribution in [1.29, 1.82) is 0 Å². The predicted molar refractivity (Wildman–Crippen MR) is 175 cm³/mol. The third-order valence-corrected chi connectivity index (χ3v) is 11.9. The summed E-state index contributed by atoms with van der Waals surface area (Å²) in [4.78, 5) is 2.43. The number of nitrogens with zero attached hydrogens (tertiary/aromatic N) is 1. The molecule has 0 unspecified atom stereocenters. The van der Waals surface area contributed by atoms with Crippen LogP contribution in [0.25, 0.3) is 27.5 Å². The Morgan fingerprint density at radius 3 is 1.71 bits per heavy atom. The van der Waals surface area contributed by atoms with Crippen LogP contribution < -0.4 is 15.9 Å². The highest BCUT2D eigenvalue weighted by atomic mass is 32.2. The van der Waals surface area contributed by atoms with Crippen LogP contribution in [0.5, 0.6) is 0 Å². The molecule has 0 aliphatic carbocycles. The summed E-state index contributed by atoms with van der Waals surface area (Å²) in [6.45, 7) is 2.15. The molecule has 6 aromatic carbocycles. The number of rotatable bonds is 6. The summed E-state index contributed by atoms with van der Waals surface area (Å²) in [6, 6.07) is 51.8. The van der Waals surface area contributed by atoms with E-state index in [4.69, 9.17) is 0 Å². The summed E-state index contributed by atoms with van der Waals surface area (Å²) in [5, 5.41) is 4.77. The summed E-state index contributed by atoms with van der Waals surface area (Å²) >= 11 is 1.78. The first kappa shape index (κ1) is 25.7. The van der Waals surface area contributed by atoms with Gasteiger partial charge in [0.1, 0.15) is 0 Å². The number of hydrogen-bond donors (Lipinski definition) is 0. The third-order valence-electron chi connectivity index (χ3n) is 7.66. The third kappa shape index (κ3) is 4.52. The Labute approximate surface area is 244 Å². The maximum atomic E-state index is 15.2. The molecular weight excluding hydrogens is 537 g/mol. The average Bonchev–Trinajstić information content (AvgIpc) is 3.36. The maximum Gasteiger partial charge on any atom is 0.171 e. The molecule has 0 saturated heterocycles. The van der Waals surface area contributed by atoms with Gasteiger partial charge < -0.3 is 9.13 Å². The zero-order valence-corrected chi connectivity index (χ0v) is 24.4. The van der Waals surface area contributed by atoms with Crippen LogP contribution in [0.4, 0.5) is 0 Å². The van der Waals surface area contributed by atoms with Gasteiger partial charge in [-0.2, -0.15) is 0 Å². The second kappa shape index (κ2) is 10.6. The average molecular weight is 566 g/mol. The van der Waals surface area contributed by atoms with Gasteiger partial charge in [-0.1, -0.05) is 109 Å². The van der Waals surface area contributed by atoms with E-state index in [1.54, 1.807) is 11.8 Å². The first-order valence-corrected chi connectivity index (χ1v) is 16.2. The minimum atomic E-state index is -3.11. The zero-order chi connectivity index (χ0) is 27.8. The van der Waals surface area contributed by atoms with Gasteiger partial charge in [0, 0.05) is 42.2 Å². The summed E-state index contributed by atoms with van der Waals surface area (Å²) in [6.07, 6.45) is 0. The van der Waals surface area contributed by atoms with Gasteiger partial charge in [-0.05, 0) is 67.1 Å². The predicted octanol–water partition coefficient (Wildman–Crippen LogP) is 8.88.